The Bertz CT molecular complexity index is 576. The van der Waals surface area contributed by atoms with Crippen LogP contribution in [0.4, 0.5) is 5.69 Å². The van der Waals surface area contributed by atoms with Crippen molar-refractivity contribution in [2.45, 2.75) is 12.5 Å². The molecule has 0 spiro atoms. The number of anilines is 1. The molecule has 1 aliphatic rings. The van der Waals surface area contributed by atoms with Crippen LogP contribution < -0.4 is 10.6 Å². The molecule has 7 heteroatoms. The van der Waals surface area contributed by atoms with Gasteiger partial charge < -0.3 is 15.4 Å². The number of carbonyl (C=O) groups is 1. The van der Waals surface area contributed by atoms with Gasteiger partial charge in [0.2, 0.25) is 5.91 Å². The third-order valence-corrected chi connectivity index (χ3v) is 3.27. The Kier molecular flexibility index (Phi) is 4.23. The fourth-order valence-electron chi connectivity index (χ4n) is 2.23. The normalized spacial score (nSPS) is 18.4. The summed E-state index contributed by atoms with van der Waals surface area (Å²) >= 11 is 0. The predicted molar refractivity (Wildman–Crippen MR) is 77.2 cm³/mol. The van der Waals surface area contributed by atoms with Gasteiger partial charge in [0.15, 0.2) is 0 Å². The molecule has 1 atom stereocenters. The largest absolute Gasteiger partial charge is 0.378 e. The highest BCUT2D eigenvalue weighted by molar-refractivity contribution is 5.91. The lowest BCUT2D eigenvalue weighted by atomic mass is 10.2. The van der Waals surface area contributed by atoms with Crippen molar-refractivity contribution in [3.63, 3.8) is 0 Å². The molecule has 0 aliphatic carbocycles. The molecule has 3 rings (SSSR count). The van der Waals surface area contributed by atoms with Gasteiger partial charge in [0.25, 0.3) is 0 Å². The smallest absolute Gasteiger partial charge is 0.226 e. The summed E-state index contributed by atoms with van der Waals surface area (Å²) in [5.41, 5.74) is 1.66. The molecule has 1 fully saturated rings. The Morgan fingerprint density at radius 3 is 2.95 bits per heavy atom. The highest BCUT2D eigenvalue weighted by Crippen LogP contribution is 2.13. The van der Waals surface area contributed by atoms with E-state index in [0.29, 0.717) is 19.6 Å². The van der Waals surface area contributed by atoms with Gasteiger partial charge >= 0.3 is 0 Å². The molecule has 1 unspecified atom stereocenters. The number of nitrogens with zero attached hydrogens (tertiary/aromatic N) is 3. The van der Waals surface area contributed by atoms with Crippen molar-refractivity contribution in [1.29, 1.82) is 0 Å². The lowest BCUT2D eigenvalue weighted by Crippen LogP contribution is -2.43. The number of hydrogen-bond acceptors (Lipinski definition) is 5. The number of amides is 1. The van der Waals surface area contributed by atoms with Crippen LogP contribution in [-0.2, 0) is 9.53 Å². The van der Waals surface area contributed by atoms with Crippen molar-refractivity contribution >= 4 is 11.6 Å². The lowest BCUT2D eigenvalue weighted by Gasteiger charge is -2.23. The van der Waals surface area contributed by atoms with Crippen LogP contribution >= 0.6 is 0 Å². The van der Waals surface area contributed by atoms with E-state index in [1.54, 1.807) is 17.1 Å². The standard InChI is InChI=1S/C14H17N5O2/c20-14(9-12-10-21-8-6-15-12)17-11-1-3-13(4-2-11)19-7-5-16-18-19/h1-5,7,12,15H,6,8-10H2,(H,17,20). The molecular weight excluding hydrogens is 270 g/mol. The summed E-state index contributed by atoms with van der Waals surface area (Å²) in [5.74, 6) is -0.0218. The van der Waals surface area contributed by atoms with E-state index in [9.17, 15) is 4.79 Å². The number of morpholine rings is 1. The summed E-state index contributed by atoms with van der Waals surface area (Å²) < 4.78 is 6.99. The molecule has 1 aromatic carbocycles. The average molecular weight is 287 g/mol. The number of hydrogen-bond donors (Lipinski definition) is 2. The molecular formula is C14H17N5O2. The Labute approximate surface area is 122 Å². The van der Waals surface area contributed by atoms with E-state index >= 15 is 0 Å². The summed E-state index contributed by atoms with van der Waals surface area (Å²) in [5, 5.41) is 13.8. The molecule has 21 heavy (non-hydrogen) atoms. The monoisotopic (exact) mass is 287 g/mol. The zero-order valence-corrected chi connectivity index (χ0v) is 11.5. The minimum absolute atomic E-state index is 0.0218. The highest BCUT2D eigenvalue weighted by Gasteiger charge is 2.16. The number of nitrogens with one attached hydrogen (secondary N) is 2. The first kappa shape index (κ1) is 13.7. The Morgan fingerprint density at radius 2 is 2.29 bits per heavy atom. The molecule has 1 saturated heterocycles. The maximum atomic E-state index is 12.0. The van der Waals surface area contributed by atoms with E-state index in [0.717, 1.165) is 17.9 Å². The van der Waals surface area contributed by atoms with Crippen LogP contribution in [0.15, 0.2) is 36.7 Å². The third kappa shape index (κ3) is 3.65. The molecule has 0 saturated carbocycles. The van der Waals surface area contributed by atoms with Gasteiger partial charge in [-0.3, -0.25) is 4.79 Å². The van der Waals surface area contributed by atoms with Gasteiger partial charge in [-0.05, 0) is 24.3 Å². The Balaban J connectivity index is 1.56. The quantitative estimate of drug-likeness (QED) is 0.860. The summed E-state index contributed by atoms with van der Waals surface area (Å²) in [6, 6.07) is 7.55. The van der Waals surface area contributed by atoms with Crippen LogP contribution in [0.2, 0.25) is 0 Å². The van der Waals surface area contributed by atoms with Crippen LogP contribution in [0.1, 0.15) is 6.42 Å². The predicted octanol–water partition coefficient (Wildman–Crippen LogP) is 0.584. The summed E-state index contributed by atoms with van der Waals surface area (Å²) in [6.07, 6.45) is 3.79. The Hall–Kier alpha value is -2.25. The molecule has 2 N–H and O–H groups in total. The summed E-state index contributed by atoms with van der Waals surface area (Å²) in [7, 11) is 0. The minimum Gasteiger partial charge on any atom is -0.378 e. The topological polar surface area (TPSA) is 81.1 Å². The molecule has 1 amide bonds. The van der Waals surface area contributed by atoms with Gasteiger partial charge in [0, 0.05) is 24.7 Å². The van der Waals surface area contributed by atoms with E-state index in [4.69, 9.17) is 4.74 Å². The molecule has 0 bridgehead atoms. The van der Waals surface area contributed by atoms with Crippen molar-refractivity contribution in [1.82, 2.24) is 20.3 Å². The lowest BCUT2D eigenvalue weighted by molar-refractivity contribution is -0.117. The zero-order chi connectivity index (χ0) is 14.5. The van der Waals surface area contributed by atoms with E-state index in [2.05, 4.69) is 20.9 Å². The van der Waals surface area contributed by atoms with Crippen molar-refractivity contribution < 1.29 is 9.53 Å². The van der Waals surface area contributed by atoms with Crippen molar-refractivity contribution in [2.24, 2.45) is 0 Å². The van der Waals surface area contributed by atoms with Crippen molar-refractivity contribution in [3.05, 3.63) is 36.7 Å². The van der Waals surface area contributed by atoms with Crippen LogP contribution in [0.3, 0.4) is 0 Å². The fourth-order valence-corrected chi connectivity index (χ4v) is 2.23. The number of benzene rings is 1. The third-order valence-electron chi connectivity index (χ3n) is 3.27. The fraction of sp³-hybridized carbons (Fsp3) is 0.357. The average Bonchev–Trinajstić information content (AvgIpc) is 3.03. The molecule has 0 radical (unpaired) electrons. The van der Waals surface area contributed by atoms with Crippen LogP contribution in [-0.4, -0.2) is 46.7 Å². The first-order valence-corrected chi connectivity index (χ1v) is 6.89. The molecule has 1 aliphatic heterocycles. The van der Waals surface area contributed by atoms with Gasteiger partial charge in [-0.1, -0.05) is 5.21 Å². The molecule has 2 aromatic rings. The van der Waals surface area contributed by atoms with E-state index in [-0.39, 0.29) is 11.9 Å². The van der Waals surface area contributed by atoms with Gasteiger partial charge in [-0.2, -0.15) is 0 Å². The van der Waals surface area contributed by atoms with Crippen molar-refractivity contribution in [2.75, 3.05) is 25.1 Å². The summed E-state index contributed by atoms with van der Waals surface area (Å²) in [4.78, 5) is 12.0. The van der Waals surface area contributed by atoms with Gasteiger partial charge in [-0.15, -0.1) is 5.10 Å². The number of carbonyl (C=O) groups excluding carboxylic acids is 1. The zero-order valence-electron chi connectivity index (χ0n) is 11.5. The second-order valence-corrected chi connectivity index (χ2v) is 4.87. The second-order valence-electron chi connectivity index (χ2n) is 4.87. The van der Waals surface area contributed by atoms with Gasteiger partial charge in [0.05, 0.1) is 31.3 Å². The highest BCUT2D eigenvalue weighted by atomic mass is 16.5. The maximum Gasteiger partial charge on any atom is 0.226 e. The number of rotatable bonds is 4. The van der Waals surface area contributed by atoms with Crippen LogP contribution in [0, 0.1) is 0 Å². The van der Waals surface area contributed by atoms with E-state index in [1.165, 1.54) is 0 Å². The molecule has 1 aromatic heterocycles. The SMILES string of the molecule is O=C(CC1COCCN1)Nc1ccc(-n2ccnn2)cc1. The Morgan fingerprint density at radius 1 is 1.43 bits per heavy atom. The number of aromatic nitrogens is 3. The molecule has 2 heterocycles. The van der Waals surface area contributed by atoms with Crippen LogP contribution in [0.5, 0.6) is 0 Å². The maximum absolute atomic E-state index is 12.0. The van der Waals surface area contributed by atoms with Crippen molar-refractivity contribution in [3.8, 4) is 5.69 Å². The summed E-state index contributed by atoms with van der Waals surface area (Å²) in [6.45, 7) is 2.09. The van der Waals surface area contributed by atoms with Gasteiger partial charge in [-0.25, -0.2) is 4.68 Å². The number of ether oxygens (including phenoxy) is 1. The first-order chi connectivity index (χ1) is 10.3. The molecule has 110 valence electrons. The van der Waals surface area contributed by atoms with Gasteiger partial charge in [0.1, 0.15) is 0 Å². The van der Waals surface area contributed by atoms with Crippen LogP contribution in [0.25, 0.3) is 5.69 Å². The first-order valence-electron chi connectivity index (χ1n) is 6.89. The minimum atomic E-state index is -0.0218. The second kappa shape index (κ2) is 6.47. The van der Waals surface area contributed by atoms with E-state index in [1.807, 2.05) is 24.3 Å². The van der Waals surface area contributed by atoms with E-state index < -0.39 is 0 Å². The molecule has 7 nitrogen and oxygen atoms in total.